The van der Waals surface area contributed by atoms with E-state index in [9.17, 15) is 0 Å². The van der Waals surface area contributed by atoms with E-state index in [4.69, 9.17) is 4.74 Å². The highest BCUT2D eigenvalue weighted by Gasteiger charge is 2.03. The van der Waals surface area contributed by atoms with Crippen molar-refractivity contribution in [3.63, 3.8) is 0 Å². The number of ether oxygens (including phenoxy) is 1. The molecule has 0 aliphatic heterocycles. The predicted octanol–water partition coefficient (Wildman–Crippen LogP) is 4.30. The Morgan fingerprint density at radius 1 is 1.20 bits per heavy atom. The normalized spacial score (nSPS) is 10.6. The number of pyridine rings is 1. The minimum absolute atomic E-state index is 0.460. The number of rotatable bonds is 6. The molecule has 0 bridgehead atoms. The van der Waals surface area contributed by atoms with Crippen molar-refractivity contribution in [2.45, 2.75) is 20.1 Å². The van der Waals surface area contributed by atoms with Gasteiger partial charge in [-0.3, -0.25) is 4.98 Å². The van der Waals surface area contributed by atoms with Gasteiger partial charge in [-0.1, -0.05) is 28.9 Å². The Morgan fingerprint density at radius 3 is 2.70 bits per heavy atom. The fourth-order valence-corrected chi connectivity index (χ4v) is 2.82. The molecule has 0 unspecified atom stereocenters. The van der Waals surface area contributed by atoms with E-state index in [2.05, 4.69) is 55.2 Å². The van der Waals surface area contributed by atoms with E-state index in [1.54, 1.807) is 0 Å². The molecule has 0 saturated heterocycles. The molecule has 0 saturated carbocycles. The zero-order valence-electron chi connectivity index (χ0n) is 11.2. The highest BCUT2D eigenvalue weighted by Crippen LogP contribution is 2.28. The number of aromatic nitrogens is 1. The average Bonchev–Trinajstić information content (AvgIpc) is 2.45. The summed E-state index contributed by atoms with van der Waals surface area (Å²) in [6.45, 7) is 4.36. The van der Waals surface area contributed by atoms with Gasteiger partial charge in [0.15, 0.2) is 0 Å². The topological polar surface area (TPSA) is 34.1 Å². The van der Waals surface area contributed by atoms with Gasteiger partial charge in [-0.2, -0.15) is 0 Å². The van der Waals surface area contributed by atoms with E-state index in [0.29, 0.717) is 6.61 Å². The van der Waals surface area contributed by atoms with E-state index < -0.39 is 0 Å². The van der Waals surface area contributed by atoms with Crippen LogP contribution in [0.15, 0.2) is 45.5 Å². The molecule has 5 heteroatoms. The van der Waals surface area contributed by atoms with Crippen LogP contribution in [-0.4, -0.2) is 11.5 Å². The minimum atomic E-state index is 0.460. The third-order valence-corrected chi connectivity index (χ3v) is 3.85. The molecule has 0 amide bonds. The average molecular weight is 400 g/mol. The summed E-state index contributed by atoms with van der Waals surface area (Å²) < 4.78 is 7.70. The Kier molecular flexibility index (Phi) is 6.01. The van der Waals surface area contributed by atoms with Crippen LogP contribution in [0.4, 0.5) is 0 Å². The molecule has 3 nitrogen and oxygen atoms in total. The third-order valence-electron chi connectivity index (χ3n) is 2.73. The van der Waals surface area contributed by atoms with Crippen LogP contribution in [0.2, 0.25) is 0 Å². The van der Waals surface area contributed by atoms with Crippen LogP contribution >= 0.6 is 31.9 Å². The summed E-state index contributed by atoms with van der Waals surface area (Å²) in [5.41, 5.74) is 2.10. The summed E-state index contributed by atoms with van der Waals surface area (Å²) in [5, 5.41) is 3.27. The van der Waals surface area contributed by atoms with E-state index in [-0.39, 0.29) is 0 Å². The first-order chi connectivity index (χ1) is 9.69. The largest absolute Gasteiger partial charge is 0.486 e. The Hall–Kier alpha value is -0.910. The molecule has 0 aliphatic rings. The first kappa shape index (κ1) is 15.5. The molecule has 0 radical (unpaired) electrons. The van der Waals surface area contributed by atoms with Crippen molar-refractivity contribution in [3.05, 3.63) is 56.7 Å². The Bertz CT molecular complexity index is 558. The summed E-state index contributed by atoms with van der Waals surface area (Å²) >= 11 is 6.89. The number of hydrogen-bond donors (Lipinski definition) is 1. The maximum absolute atomic E-state index is 5.75. The van der Waals surface area contributed by atoms with Gasteiger partial charge in [0.1, 0.15) is 12.4 Å². The van der Waals surface area contributed by atoms with Gasteiger partial charge < -0.3 is 10.1 Å². The number of nitrogens with one attached hydrogen (secondary N) is 1. The highest BCUT2D eigenvalue weighted by atomic mass is 79.9. The van der Waals surface area contributed by atoms with Gasteiger partial charge in [-0.05, 0) is 52.3 Å². The van der Waals surface area contributed by atoms with Crippen molar-refractivity contribution in [1.29, 1.82) is 0 Å². The van der Waals surface area contributed by atoms with Crippen molar-refractivity contribution in [2.75, 3.05) is 6.54 Å². The summed E-state index contributed by atoms with van der Waals surface area (Å²) in [7, 11) is 0. The summed E-state index contributed by atoms with van der Waals surface area (Å²) in [6.07, 6.45) is 1.89. The molecule has 1 N–H and O–H groups in total. The number of benzene rings is 1. The molecule has 0 aliphatic carbocycles. The fourth-order valence-electron chi connectivity index (χ4n) is 1.66. The van der Waals surface area contributed by atoms with Crippen molar-refractivity contribution in [3.8, 4) is 5.75 Å². The lowest BCUT2D eigenvalue weighted by molar-refractivity contribution is 0.299. The zero-order valence-corrected chi connectivity index (χ0v) is 14.4. The van der Waals surface area contributed by atoms with E-state index in [1.165, 1.54) is 5.56 Å². The number of hydrogen-bond acceptors (Lipinski definition) is 3. The molecule has 20 heavy (non-hydrogen) atoms. The molecule has 0 fully saturated rings. The maximum atomic E-state index is 5.75. The van der Waals surface area contributed by atoms with Gasteiger partial charge in [0.05, 0.1) is 10.2 Å². The number of halogens is 2. The molecule has 2 aromatic rings. The summed E-state index contributed by atoms with van der Waals surface area (Å²) in [5.74, 6) is 0.812. The van der Waals surface area contributed by atoms with Gasteiger partial charge >= 0.3 is 0 Å². The molecule has 0 spiro atoms. The van der Waals surface area contributed by atoms with E-state index in [0.717, 1.165) is 33.5 Å². The SMILES string of the molecule is CCNCc1ccc(COc2ccc(Br)cc2Br)nc1. The molecule has 0 atom stereocenters. The van der Waals surface area contributed by atoms with Crippen LogP contribution in [0.1, 0.15) is 18.2 Å². The molecule has 1 aromatic carbocycles. The second kappa shape index (κ2) is 7.76. The van der Waals surface area contributed by atoms with Gasteiger partial charge in [0, 0.05) is 17.2 Å². The molecule has 1 heterocycles. The van der Waals surface area contributed by atoms with Crippen molar-refractivity contribution >= 4 is 31.9 Å². The fraction of sp³-hybridized carbons (Fsp3) is 0.267. The Balaban J connectivity index is 1.93. The van der Waals surface area contributed by atoms with Crippen molar-refractivity contribution in [2.24, 2.45) is 0 Å². The van der Waals surface area contributed by atoms with Crippen LogP contribution in [0.5, 0.6) is 5.75 Å². The molecule has 1 aromatic heterocycles. The van der Waals surface area contributed by atoms with Crippen LogP contribution < -0.4 is 10.1 Å². The lowest BCUT2D eigenvalue weighted by Crippen LogP contribution is -2.12. The summed E-state index contributed by atoms with van der Waals surface area (Å²) in [6, 6.07) is 9.91. The Morgan fingerprint density at radius 2 is 2.05 bits per heavy atom. The lowest BCUT2D eigenvalue weighted by atomic mass is 10.2. The highest BCUT2D eigenvalue weighted by molar-refractivity contribution is 9.11. The molecular weight excluding hydrogens is 384 g/mol. The lowest BCUT2D eigenvalue weighted by Gasteiger charge is -2.08. The smallest absolute Gasteiger partial charge is 0.134 e. The standard InChI is InChI=1S/C15H16Br2N2O/c1-2-18-8-11-3-5-13(19-9-11)10-20-15-6-4-12(16)7-14(15)17/h3-7,9,18H,2,8,10H2,1H3. The predicted molar refractivity (Wildman–Crippen MR) is 87.8 cm³/mol. The van der Waals surface area contributed by atoms with E-state index >= 15 is 0 Å². The maximum Gasteiger partial charge on any atom is 0.134 e. The quantitative estimate of drug-likeness (QED) is 0.786. The first-order valence-corrected chi connectivity index (χ1v) is 8.00. The van der Waals surface area contributed by atoms with Gasteiger partial charge in [0.25, 0.3) is 0 Å². The molecule has 106 valence electrons. The van der Waals surface area contributed by atoms with Gasteiger partial charge in [-0.15, -0.1) is 0 Å². The second-order valence-corrected chi connectivity index (χ2v) is 6.07. The monoisotopic (exact) mass is 398 g/mol. The zero-order chi connectivity index (χ0) is 14.4. The van der Waals surface area contributed by atoms with Crippen LogP contribution in [-0.2, 0) is 13.2 Å². The van der Waals surface area contributed by atoms with Gasteiger partial charge in [-0.25, -0.2) is 0 Å². The van der Waals surface area contributed by atoms with E-state index in [1.807, 2.05) is 30.5 Å². The molecule has 2 rings (SSSR count). The second-order valence-electron chi connectivity index (χ2n) is 4.30. The first-order valence-electron chi connectivity index (χ1n) is 6.41. The van der Waals surface area contributed by atoms with Crippen LogP contribution in [0, 0.1) is 0 Å². The van der Waals surface area contributed by atoms with Crippen LogP contribution in [0.3, 0.4) is 0 Å². The van der Waals surface area contributed by atoms with Crippen LogP contribution in [0.25, 0.3) is 0 Å². The van der Waals surface area contributed by atoms with Gasteiger partial charge in [0.2, 0.25) is 0 Å². The van der Waals surface area contributed by atoms with Crippen molar-refractivity contribution in [1.82, 2.24) is 10.3 Å². The summed E-state index contributed by atoms with van der Waals surface area (Å²) in [4.78, 5) is 4.40. The molecular formula is C15H16Br2N2O. The third kappa shape index (κ3) is 4.58. The number of nitrogens with zero attached hydrogens (tertiary/aromatic N) is 1. The van der Waals surface area contributed by atoms with Crippen molar-refractivity contribution < 1.29 is 4.74 Å². The minimum Gasteiger partial charge on any atom is -0.486 e. The Labute approximate surface area is 136 Å².